The number of nitrogens with zero attached hydrogens (tertiary/aromatic N) is 2. The molecule has 0 saturated heterocycles. The van der Waals surface area contributed by atoms with Crippen LogP contribution >= 0.6 is 0 Å². The van der Waals surface area contributed by atoms with E-state index in [2.05, 4.69) is 20.0 Å². The van der Waals surface area contributed by atoms with E-state index in [0.29, 0.717) is 6.42 Å². The van der Waals surface area contributed by atoms with Crippen LogP contribution in [-0.4, -0.2) is 34.5 Å². The lowest BCUT2D eigenvalue weighted by Crippen LogP contribution is -2.52. The highest BCUT2D eigenvalue weighted by atomic mass is 16.5. The van der Waals surface area contributed by atoms with Gasteiger partial charge in [-0.15, -0.1) is 0 Å². The molecule has 0 aliphatic carbocycles. The van der Waals surface area contributed by atoms with Crippen LogP contribution in [0.2, 0.25) is 0 Å². The molecule has 0 bridgehead atoms. The molecule has 1 rings (SSSR count). The standard InChI is InChI=1S/C12H17N3O3/c1-5-12(3,11(17)18-4)15-10(16)9-7-13-8(2)6-14-9/h6-7H,5H2,1-4H3,(H,15,16)/t12-/m1/s1. The number of hydrogen-bond donors (Lipinski definition) is 1. The lowest BCUT2D eigenvalue weighted by molar-refractivity contribution is -0.147. The van der Waals surface area contributed by atoms with Gasteiger partial charge in [0.05, 0.1) is 19.0 Å². The SMILES string of the molecule is CC[C@@](C)(NC(=O)c1cnc(C)cn1)C(=O)OC. The predicted molar refractivity (Wildman–Crippen MR) is 64.9 cm³/mol. The molecule has 0 aliphatic rings. The first-order valence-electron chi connectivity index (χ1n) is 5.62. The Morgan fingerprint density at radius 3 is 2.50 bits per heavy atom. The monoisotopic (exact) mass is 251 g/mol. The van der Waals surface area contributed by atoms with E-state index in [9.17, 15) is 9.59 Å². The quantitative estimate of drug-likeness (QED) is 0.802. The van der Waals surface area contributed by atoms with Gasteiger partial charge >= 0.3 is 5.97 Å². The van der Waals surface area contributed by atoms with Crippen LogP contribution in [0.3, 0.4) is 0 Å². The summed E-state index contributed by atoms with van der Waals surface area (Å²) < 4.78 is 4.67. The molecule has 0 fully saturated rings. The average molecular weight is 251 g/mol. The number of hydrogen-bond acceptors (Lipinski definition) is 5. The number of esters is 1. The number of aromatic nitrogens is 2. The topological polar surface area (TPSA) is 81.2 Å². The van der Waals surface area contributed by atoms with Crippen LogP contribution in [0.15, 0.2) is 12.4 Å². The predicted octanol–water partition coefficient (Wildman–Crippen LogP) is 0.857. The summed E-state index contributed by atoms with van der Waals surface area (Å²) in [6.45, 7) is 5.18. The van der Waals surface area contributed by atoms with Gasteiger partial charge in [-0.1, -0.05) is 6.92 Å². The Kier molecular flexibility index (Phi) is 4.36. The number of amides is 1. The zero-order chi connectivity index (χ0) is 13.8. The van der Waals surface area contributed by atoms with Crippen molar-refractivity contribution in [2.75, 3.05) is 7.11 Å². The lowest BCUT2D eigenvalue weighted by atomic mass is 9.99. The third-order valence-corrected chi connectivity index (χ3v) is 2.75. The minimum Gasteiger partial charge on any atom is -0.467 e. The van der Waals surface area contributed by atoms with E-state index < -0.39 is 17.4 Å². The van der Waals surface area contributed by atoms with Gasteiger partial charge in [-0.05, 0) is 20.3 Å². The van der Waals surface area contributed by atoms with E-state index in [-0.39, 0.29) is 5.69 Å². The van der Waals surface area contributed by atoms with Crippen LogP contribution in [0.5, 0.6) is 0 Å². The molecule has 1 aromatic heterocycles. The fourth-order valence-electron chi connectivity index (χ4n) is 1.33. The van der Waals surface area contributed by atoms with Gasteiger partial charge in [0, 0.05) is 6.20 Å². The summed E-state index contributed by atoms with van der Waals surface area (Å²) in [5.41, 5.74) is -0.166. The molecule has 1 amide bonds. The molecule has 0 saturated carbocycles. The van der Waals surface area contributed by atoms with E-state index in [1.165, 1.54) is 19.5 Å². The normalized spacial score (nSPS) is 13.6. The fourth-order valence-corrected chi connectivity index (χ4v) is 1.33. The molecule has 1 N–H and O–H groups in total. The van der Waals surface area contributed by atoms with Crippen molar-refractivity contribution in [1.29, 1.82) is 0 Å². The molecule has 0 aliphatic heterocycles. The number of rotatable bonds is 4. The largest absolute Gasteiger partial charge is 0.467 e. The van der Waals surface area contributed by atoms with Crippen LogP contribution in [0.25, 0.3) is 0 Å². The molecular weight excluding hydrogens is 234 g/mol. The van der Waals surface area contributed by atoms with Gasteiger partial charge in [0.25, 0.3) is 5.91 Å². The Morgan fingerprint density at radius 1 is 1.39 bits per heavy atom. The third-order valence-electron chi connectivity index (χ3n) is 2.75. The second-order valence-electron chi connectivity index (χ2n) is 4.17. The number of carbonyl (C=O) groups is 2. The van der Waals surface area contributed by atoms with E-state index in [1.54, 1.807) is 20.8 Å². The minimum atomic E-state index is -1.06. The van der Waals surface area contributed by atoms with E-state index in [4.69, 9.17) is 0 Å². The Balaban J connectivity index is 2.86. The molecule has 1 atom stereocenters. The van der Waals surface area contributed by atoms with Gasteiger partial charge < -0.3 is 10.1 Å². The number of methoxy groups -OCH3 is 1. The van der Waals surface area contributed by atoms with Crippen molar-refractivity contribution in [3.05, 3.63) is 23.8 Å². The van der Waals surface area contributed by atoms with Crippen molar-refractivity contribution in [3.63, 3.8) is 0 Å². The number of aryl methyl sites for hydroxylation is 1. The van der Waals surface area contributed by atoms with E-state index in [1.807, 2.05) is 0 Å². The van der Waals surface area contributed by atoms with Gasteiger partial charge in [0.1, 0.15) is 11.2 Å². The molecule has 1 heterocycles. The molecule has 98 valence electrons. The third kappa shape index (κ3) is 3.03. The van der Waals surface area contributed by atoms with Crippen LogP contribution in [0, 0.1) is 6.92 Å². The van der Waals surface area contributed by atoms with Crippen molar-refractivity contribution >= 4 is 11.9 Å². The lowest BCUT2D eigenvalue weighted by Gasteiger charge is -2.26. The molecule has 0 aromatic carbocycles. The van der Waals surface area contributed by atoms with Crippen LogP contribution in [0.1, 0.15) is 36.5 Å². The van der Waals surface area contributed by atoms with Crippen LogP contribution < -0.4 is 5.32 Å². The van der Waals surface area contributed by atoms with Gasteiger partial charge in [-0.3, -0.25) is 9.78 Å². The van der Waals surface area contributed by atoms with Crippen LogP contribution in [0.4, 0.5) is 0 Å². The molecule has 1 aromatic rings. The van der Waals surface area contributed by atoms with Gasteiger partial charge in [-0.25, -0.2) is 9.78 Å². The highest BCUT2D eigenvalue weighted by Gasteiger charge is 2.34. The number of carbonyl (C=O) groups excluding carboxylic acids is 2. The molecule has 6 nitrogen and oxygen atoms in total. The zero-order valence-electron chi connectivity index (χ0n) is 11.0. The van der Waals surface area contributed by atoms with Crippen molar-refractivity contribution < 1.29 is 14.3 Å². The molecule has 18 heavy (non-hydrogen) atoms. The zero-order valence-corrected chi connectivity index (χ0v) is 11.0. The fraction of sp³-hybridized carbons (Fsp3) is 0.500. The Bertz CT molecular complexity index is 444. The molecule has 0 unspecified atom stereocenters. The van der Waals surface area contributed by atoms with Gasteiger partial charge in [0.15, 0.2) is 0 Å². The molecule has 0 radical (unpaired) electrons. The first kappa shape index (κ1) is 14.1. The van der Waals surface area contributed by atoms with Crippen molar-refractivity contribution in [2.45, 2.75) is 32.7 Å². The Hall–Kier alpha value is -1.98. The smallest absolute Gasteiger partial charge is 0.331 e. The molecule has 6 heteroatoms. The second-order valence-corrected chi connectivity index (χ2v) is 4.17. The summed E-state index contributed by atoms with van der Waals surface area (Å²) >= 11 is 0. The maximum atomic E-state index is 11.9. The maximum absolute atomic E-state index is 11.9. The highest BCUT2D eigenvalue weighted by molar-refractivity contribution is 5.96. The summed E-state index contributed by atoms with van der Waals surface area (Å²) in [6.07, 6.45) is 3.29. The number of nitrogens with one attached hydrogen (secondary N) is 1. The first-order chi connectivity index (χ1) is 8.42. The summed E-state index contributed by atoms with van der Waals surface area (Å²) in [6, 6.07) is 0. The van der Waals surface area contributed by atoms with Crippen molar-refractivity contribution in [2.24, 2.45) is 0 Å². The van der Waals surface area contributed by atoms with Gasteiger partial charge in [0.2, 0.25) is 0 Å². The van der Waals surface area contributed by atoms with E-state index in [0.717, 1.165) is 5.69 Å². The highest BCUT2D eigenvalue weighted by Crippen LogP contribution is 2.12. The average Bonchev–Trinajstić information content (AvgIpc) is 2.38. The second kappa shape index (κ2) is 5.57. The molecule has 0 spiro atoms. The Morgan fingerprint density at radius 2 is 2.06 bits per heavy atom. The summed E-state index contributed by atoms with van der Waals surface area (Å²) in [4.78, 5) is 31.5. The summed E-state index contributed by atoms with van der Waals surface area (Å²) in [5.74, 6) is -0.935. The summed E-state index contributed by atoms with van der Waals surface area (Å²) in [7, 11) is 1.29. The van der Waals surface area contributed by atoms with Crippen LogP contribution in [-0.2, 0) is 9.53 Å². The minimum absolute atomic E-state index is 0.171. The summed E-state index contributed by atoms with van der Waals surface area (Å²) in [5, 5.41) is 2.61. The first-order valence-corrected chi connectivity index (χ1v) is 5.62. The van der Waals surface area contributed by atoms with E-state index >= 15 is 0 Å². The number of ether oxygens (including phenoxy) is 1. The maximum Gasteiger partial charge on any atom is 0.331 e. The van der Waals surface area contributed by atoms with Crippen molar-refractivity contribution in [3.8, 4) is 0 Å². The molecular formula is C12H17N3O3. The Labute approximate surface area is 106 Å². The van der Waals surface area contributed by atoms with Crippen molar-refractivity contribution in [1.82, 2.24) is 15.3 Å². The van der Waals surface area contributed by atoms with Gasteiger partial charge in [-0.2, -0.15) is 0 Å².